The number of nitrogens with zero attached hydrogens (tertiary/aromatic N) is 2. The normalized spacial score (nSPS) is 18.6. The summed E-state index contributed by atoms with van der Waals surface area (Å²) in [5.41, 5.74) is 1.94. The summed E-state index contributed by atoms with van der Waals surface area (Å²) in [5.74, 6) is -0.349. The fourth-order valence-corrected chi connectivity index (χ4v) is 2.46. The Morgan fingerprint density at radius 1 is 1.29 bits per heavy atom. The van der Waals surface area contributed by atoms with Crippen LogP contribution in [0.1, 0.15) is 17.3 Å². The molecule has 0 bridgehead atoms. The molecule has 1 aromatic heterocycles. The SMILES string of the molecule is Cc1cc(-c2cc3n(n2)C(C(F)(F)F)CNC3)ccc1F. The molecule has 1 unspecified atom stereocenters. The molecule has 2 aromatic rings. The van der Waals surface area contributed by atoms with Gasteiger partial charge in [0.25, 0.3) is 0 Å². The molecule has 0 saturated carbocycles. The predicted molar refractivity (Wildman–Crippen MR) is 69.2 cm³/mol. The first-order valence-electron chi connectivity index (χ1n) is 6.48. The van der Waals surface area contributed by atoms with Crippen LogP contribution in [0.25, 0.3) is 11.3 Å². The maximum absolute atomic E-state index is 13.3. The highest BCUT2D eigenvalue weighted by atomic mass is 19.4. The highest BCUT2D eigenvalue weighted by Crippen LogP contribution is 2.34. The van der Waals surface area contributed by atoms with Gasteiger partial charge in [-0.2, -0.15) is 18.3 Å². The Bertz CT molecular complexity index is 675. The van der Waals surface area contributed by atoms with Crippen LogP contribution in [0, 0.1) is 12.7 Å². The van der Waals surface area contributed by atoms with Crippen LogP contribution in [0.2, 0.25) is 0 Å². The van der Waals surface area contributed by atoms with Gasteiger partial charge in [-0.1, -0.05) is 0 Å². The van der Waals surface area contributed by atoms with Crippen LogP contribution in [-0.4, -0.2) is 22.5 Å². The number of fused-ring (bicyclic) bond motifs is 1. The van der Waals surface area contributed by atoms with Crippen molar-refractivity contribution in [3.63, 3.8) is 0 Å². The summed E-state index contributed by atoms with van der Waals surface area (Å²) in [7, 11) is 0. The molecular formula is C14H13F4N3. The Balaban J connectivity index is 2.03. The number of hydrogen-bond donors (Lipinski definition) is 1. The molecule has 1 N–H and O–H groups in total. The molecule has 112 valence electrons. The first-order chi connectivity index (χ1) is 9.86. The molecule has 3 rings (SSSR count). The number of aromatic nitrogens is 2. The number of hydrogen-bond acceptors (Lipinski definition) is 2. The largest absolute Gasteiger partial charge is 0.412 e. The summed E-state index contributed by atoms with van der Waals surface area (Å²) in [5, 5.41) is 6.82. The van der Waals surface area contributed by atoms with Crippen molar-refractivity contribution in [2.75, 3.05) is 6.54 Å². The number of nitrogens with one attached hydrogen (secondary N) is 1. The van der Waals surface area contributed by atoms with Gasteiger partial charge in [0.1, 0.15) is 5.82 Å². The second-order valence-electron chi connectivity index (χ2n) is 5.12. The Kier molecular flexibility index (Phi) is 3.24. The number of alkyl halides is 3. The molecular weight excluding hydrogens is 286 g/mol. The van der Waals surface area contributed by atoms with Crippen LogP contribution in [0.15, 0.2) is 24.3 Å². The smallest absolute Gasteiger partial charge is 0.309 e. The highest BCUT2D eigenvalue weighted by molar-refractivity contribution is 5.60. The molecule has 0 aliphatic carbocycles. The first-order valence-corrected chi connectivity index (χ1v) is 6.48. The van der Waals surface area contributed by atoms with Gasteiger partial charge < -0.3 is 5.32 Å². The molecule has 1 atom stereocenters. The van der Waals surface area contributed by atoms with E-state index in [0.717, 1.165) is 4.68 Å². The van der Waals surface area contributed by atoms with E-state index in [2.05, 4.69) is 10.4 Å². The number of benzene rings is 1. The minimum atomic E-state index is -4.36. The van der Waals surface area contributed by atoms with Crippen LogP contribution in [0.5, 0.6) is 0 Å². The molecule has 1 aliphatic rings. The number of aryl methyl sites for hydroxylation is 1. The van der Waals surface area contributed by atoms with E-state index in [-0.39, 0.29) is 12.4 Å². The van der Waals surface area contributed by atoms with E-state index in [1.165, 1.54) is 12.1 Å². The lowest BCUT2D eigenvalue weighted by molar-refractivity contribution is -0.171. The molecule has 0 radical (unpaired) electrons. The molecule has 1 aromatic carbocycles. The molecule has 1 aliphatic heterocycles. The van der Waals surface area contributed by atoms with Gasteiger partial charge >= 0.3 is 6.18 Å². The zero-order valence-corrected chi connectivity index (χ0v) is 11.2. The lowest BCUT2D eigenvalue weighted by Crippen LogP contribution is -2.41. The van der Waals surface area contributed by atoms with Crippen LogP contribution in [0.4, 0.5) is 17.6 Å². The molecule has 0 amide bonds. The topological polar surface area (TPSA) is 29.9 Å². The van der Waals surface area contributed by atoms with Gasteiger partial charge in [0.05, 0.1) is 11.4 Å². The third-order valence-electron chi connectivity index (χ3n) is 3.58. The van der Waals surface area contributed by atoms with E-state index in [4.69, 9.17) is 0 Å². The van der Waals surface area contributed by atoms with Crippen molar-refractivity contribution in [2.24, 2.45) is 0 Å². The molecule has 21 heavy (non-hydrogen) atoms. The Morgan fingerprint density at radius 3 is 2.71 bits per heavy atom. The van der Waals surface area contributed by atoms with Gasteiger partial charge in [0.2, 0.25) is 0 Å². The van der Waals surface area contributed by atoms with E-state index in [1.54, 1.807) is 19.1 Å². The van der Waals surface area contributed by atoms with Crippen LogP contribution in [-0.2, 0) is 6.54 Å². The lowest BCUT2D eigenvalue weighted by Gasteiger charge is -2.27. The van der Waals surface area contributed by atoms with Crippen molar-refractivity contribution in [1.29, 1.82) is 0 Å². The average Bonchev–Trinajstić information content (AvgIpc) is 2.84. The van der Waals surface area contributed by atoms with Crippen LogP contribution >= 0.6 is 0 Å². The van der Waals surface area contributed by atoms with Crippen molar-refractivity contribution in [1.82, 2.24) is 15.1 Å². The van der Waals surface area contributed by atoms with Crippen molar-refractivity contribution in [3.8, 4) is 11.3 Å². The summed E-state index contributed by atoms with van der Waals surface area (Å²) >= 11 is 0. The van der Waals surface area contributed by atoms with Gasteiger partial charge in [-0.3, -0.25) is 4.68 Å². The molecule has 0 fully saturated rings. The molecule has 0 saturated heterocycles. The standard InChI is InChI=1S/C14H13F4N3/c1-8-4-9(2-3-11(8)15)12-5-10-6-19-7-13(14(16,17)18)21(10)20-12/h2-5,13,19H,6-7H2,1H3. The summed E-state index contributed by atoms with van der Waals surface area (Å²) in [6.45, 7) is 1.74. The second kappa shape index (κ2) is 4.84. The Labute approximate surface area is 118 Å². The van der Waals surface area contributed by atoms with Gasteiger partial charge in [0.15, 0.2) is 6.04 Å². The third kappa shape index (κ3) is 2.53. The average molecular weight is 299 g/mol. The monoisotopic (exact) mass is 299 g/mol. The minimum Gasteiger partial charge on any atom is -0.309 e. The quantitative estimate of drug-likeness (QED) is 0.820. The zero-order valence-electron chi connectivity index (χ0n) is 11.2. The van der Waals surface area contributed by atoms with E-state index in [1.807, 2.05) is 0 Å². The molecule has 7 heteroatoms. The fourth-order valence-electron chi connectivity index (χ4n) is 2.46. The van der Waals surface area contributed by atoms with E-state index in [0.29, 0.717) is 29.1 Å². The van der Waals surface area contributed by atoms with Gasteiger partial charge in [-0.15, -0.1) is 0 Å². The minimum absolute atomic E-state index is 0.194. The maximum atomic E-state index is 13.3. The van der Waals surface area contributed by atoms with E-state index < -0.39 is 12.2 Å². The highest BCUT2D eigenvalue weighted by Gasteiger charge is 2.43. The van der Waals surface area contributed by atoms with Gasteiger partial charge in [0, 0.05) is 18.7 Å². The zero-order chi connectivity index (χ0) is 15.2. The number of rotatable bonds is 1. The predicted octanol–water partition coefficient (Wildman–Crippen LogP) is 3.20. The summed E-state index contributed by atoms with van der Waals surface area (Å²) < 4.78 is 53.3. The number of halogens is 4. The lowest BCUT2D eigenvalue weighted by atomic mass is 10.1. The first kappa shape index (κ1) is 14.1. The Morgan fingerprint density at radius 2 is 2.05 bits per heavy atom. The summed E-state index contributed by atoms with van der Waals surface area (Å²) in [4.78, 5) is 0. The van der Waals surface area contributed by atoms with Crippen molar-refractivity contribution in [2.45, 2.75) is 25.7 Å². The van der Waals surface area contributed by atoms with Crippen LogP contribution < -0.4 is 5.32 Å². The van der Waals surface area contributed by atoms with E-state index in [9.17, 15) is 17.6 Å². The van der Waals surface area contributed by atoms with Gasteiger partial charge in [-0.05, 0) is 36.8 Å². The van der Waals surface area contributed by atoms with Crippen molar-refractivity contribution < 1.29 is 17.6 Å². The third-order valence-corrected chi connectivity index (χ3v) is 3.58. The van der Waals surface area contributed by atoms with Gasteiger partial charge in [-0.25, -0.2) is 4.39 Å². The second-order valence-corrected chi connectivity index (χ2v) is 5.12. The summed E-state index contributed by atoms with van der Waals surface area (Å²) in [6.07, 6.45) is -4.36. The summed E-state index contributed by atoms with van der Waals surface area (Å²) in [6, 6.07) is 4.34. The fraction of sp³-hybridized carbons (Fsp3) is 0.357. The molecule has 3 nitrogen and oxygen atoms in total. The molecule has 2 heterocycles. The Hall–Kier alpha value is -1.89. The van der Waals surface area contributed by atoms with Crippen LogP contribution in [0.3, 0.4) is 0 Å². The maximum Gasteiger partial charge on any atom is 0.412 e. The van der Waals surface area contributed by atoms with Crippen molar-refractivity contribution in [3.05, 3.63) is 41.3 Å². The molecule has 0 spiro atoms. The van der Waals surface area contributed by atoms with E-state index >= 15 is 0 Å². The van der Waals surface area contributed by atoms with Crippen molar-refractivity contribution >= 4 is 0 Å².